The van der Waals surface area contributed by atoms with Crippen molar-refractivity contribution in [1.82, 2.24) is 0 Å². The fraction of sp³-hybridized carbons (Fsp3) is 0.889. The van der Waals surface area contributed by atoms with E-state index >= 15 is 0 Å². The van der Waals surface area contributed by atoms with E-state index in [2.05, 4.69) is 15.9 Å². The summed E-state index contributed by atoms with van der Waals surface area (Å²) in [7, 11) is 0. The highest BCUT2D eigenvalue weighted by Gasteiger charge is 2.25. The summed E-state index contributed by atoms with van der Waals surface area (Å²) in [6, 6.07) is 0. The number of carboxylic acids is 1. The number of carbonyl (C=O) groups is 1. The van der Waals surface area contributed by atoms with Gasteiger partial charge in [-0.3, -0.25) is 4.79 Å². The highest BCUT2D eigenvalue weighted by molar-refractivity contribution is 9.09. The minimum Gasteiger partial charge on any atom is -0.481 e. The van der Waals surface area contributed by atoms with Crippen molar-refractivity contribution in [3.05, 3.63) is 0 Å². The van der Waals surface area contributed by atoms with Crippen molar-refractivity contribution in [1.29, 1.82) is 0 Å². The molecule has 3 heteroatoms. The van der Waals surface area contributed by atoms with Crippen LogP contribution in [0, 0.1) is 5.41 Å². The summed E-state index contributed by atoms with van der Waals surface area (Å²) in [5.74, 6) is -0.693. The van der Waals surface area contributed by atoms with E-state index in [0.717, 1.165) is 31.0 Å². The molecule has 0 aliphatic rings. The molecule has 0 heterocycles. The zero-order chi connectivity index (χ0) is 9.61. The van der Waals surface area contributed by atoms with Crippen molar-refractivity contribution in [3.8, 4) is 0 Å². The van der Waals surface area contributed by atoms with Crippen molar-refractivity contribution in [2.75, 3.05) is 5.33 Å². The van der Waals surface area contributed by atoms with Gasteiger partial charge in [-0.1, -0.05) is 28.8 Å². The van der Waals surface area contributed by atoms with Crippen molar-refractivity contribution in [3.63, 3.8) is 0 Å². The average Bonchev–Trinajstić information content (AvgIpc) is 1.98. The Bertz CT molecular complexity index is 143. The Labute approximate surface area is 82.5 Å². The molecule has 0 saturated carbocycles. The molecule has 2 nitrogen and oxygen atoms in total. The Morgan fingerprint density at radius 3 is 2.33 bits per heavy atom. The molecule has 72 valence electrons. The van der Waals surface area contributed by atoms with Crippen LogP contribution in [-0.4, -0.2) is 16.4 Å². The van der Waals surface area contributed by atoms with Crippen LogP contribution in [0.1, 0.15) is 39.5 Å². The Morgan fingerprint density at radius 1 is 1.33 bits per heavy atom. The number of carboxylic acid groups (broad SMARTS) is 1. The van der Waals surface area contributed by atoms with Crippen LogP contribution in [0.3, 0.4) is 0 Å². The maximum Gasteiger partial charge on any atom is 0.309 e. The number of aliphatic carboxylic acids is 1. The van der Waals surface area contributed by atoms with E-state index in [1.165, 1.54) is 0 Å². The zero-order valence-electron chi connectivity index (χ0n) is 7.77. The van der Waals surface area contributed by atoms with Crippen molar-refractivity contribution < 1.29 is 9.90 Å². The maximum atomic E-state index is 10.7. The predicted octanol–water partition coefficient (Wildman–Crippen LogP) is 3.05. The number of halogens is 1. The van der Waals surface area contributed by atoms with Crippen LogP contribution < -0.4 is 0 Å². The van der Waals surface area contributed by atoms with E-state index < -0.39 is 11.4 Å². The van der Waals surface area contributed by atoms with Gasteiger partial charge in [-0.2, -0.15) is 0 Å². The molecule has 0 spiro atoms. The van der Waals surface area contributed by atoms with E-state index in [-0.39, 0.29) is 0 Å². The standard InChI is InChI=1S/C9H17BrO2/c1-9(2,8(11)12)6-4-3-5-7-10/h3-7H2,1-2H3,(H,11,12). The Morgan fingerprint density at radius 2 is 1.92 bits per heavy atom. The van der Waals surface area contributed by atoms with Gasteiger partial charge in [0, 0.05) is 5.33 Å². The molecule has 0 radical (unpaired) electrons. The summed E-state index contributed by atoms with van der Waals surface area (Å²) < 4.78 is 0. The quantitative estimate of drug-likeness (QED) is 0.569. The van der Waals surface area contributed by atoms with Crippen LogP contribution >= 0.6 is 15.9 Å². The molecule has 12 heavy (non-hydrogen) atoms. The van der Waals surface area contributed by atoms with Crippen LogP contribution in [0.15, 0.2) is 0 Å². The maximum absolute atomic E-state index is 10.7. The minimum atomic E-state index is -0.693. The summed E-state index contributed by atoms with van der Waals surface area (Å²) in [5, 5.41) is 9.80. The molecule has 0 saturated heterocycles. The van der Waals surface area contributed by atoms with Crippen LogP contribution in [0.25, 0.3) is 0 Å². The van der Waals surface area contributed by atoms with Gasteiger partial charge in [0.2, 0.25) is 0 Å². The fourth-order valence-electron chi connectivity index (χ4n) is 0.945. The van der Waals surface area contributed by atoms with Crippen molar-refractivity contribution >= 4 is 21.9 Å². The zero-order valence-corrected chi connectivity index (χ0v) is 9.35. The third kappa shape index (κ3) is 4.75. The van der Waals surface area contributed by atoms with E-state index in [1.807, 2.05) is 0 Å². The lowest BCUT2D eigenvalue weighted by Gasteiger charge is -2.18. The van der Waals surface area contributed by atoms with Gasteiger partial charge in [0.05, 0.1) is 5.41 Å². The fourth-order valence-corrected chi connectivity index (χ4v) is 1.34. The van der Waals surface area contributed by atoms with E-state index in [1.54, 1.807) is 13.8 Å². The van der Waals surface area contributed by atoms with Gasteiger partial charge in [-0.15, -0.1) is 0 Å². The normalized spacial score (nSPS) is 11.6. The summed E-state index contributed by atoms with van der Waals surface area (Å²) in [6.45, 7) is 3.56. The predicted molar refractivity (Wildman–Crippen MR) is 53.7 cm³/mol. The number of alkyl halides is 1. The largest absolute Gasteiger partial charge is 0.481 e. The first-order valence-corrected chi connectivity index (χ1v) is 5.42. The lowest BCUT2D eigenvalue weighted by molar-refractivity contribution is -0.147. The van der Waals surface area contributed by atoms with Crippen LogP contribution in [0.5, 0.6) is 0 Å². The molecule has 0 bridgehead atoms. The summed E-state index contributed by atoms with van der Waals surface area (Å²) >= 11 is 3.34. The van der Waals surface area contributed by atoms with Crippen molar-refractivity contribution in [2.45, 2.75) is 39.5 Å². The summed E-state index contributed by atoms with van der Waals surface area (Å²) in [5.41, 5.74) is -0.549. The third-order valence-corrected chi connectivity index (χ3v) is 2.58. The molecule has 1 N–H and O–H groups in total. The first-order chi connectivity index (χ1) is 5.50. The topological polar surface area (TPSA) is 37.3 Å². The molecule has 0 amide bonds. The third-order valence-electron chi connectivity index (χ3n) is 2.01. The molecule has 0 unspecified atom stereocenters. The number of unbranched alkanes of at least 4 members (excludes halogenated alkanes) is 2. The summed E-state index contributed by atoms with van der Waals surface area (Å²) in [4.78, 5) is 10.7. The van der Waals surface area contributed by atoms with Gasteiger partial charge in [-0.05, 0) is 26.7 Å². The SMILES string of the molecule is CC(C)(CCCCCBr)C(=O)O. The highest BCUT2D eigenvalue weighted by atomic mass is 79.9. The van der Waals surface area contributed by atoms with E-state index in [4.69, 9.17) is 5.11 Å². The van der Waals surface area contributed by atoms with Gasteiger partial charge in [0.25, 0.3) is 0 Å². The number of hydrogen-bond donors (Lipinski definition) is 1. The molecule has 0 aromatic heterocycles. The molecule has 0 atom stereocenters. The first kappa shape index (κ1) is 11.9. The Balaban J connectivity index is 3.54. The number of rotatable bonds is 6. The van der Waals surface area contributed by atoms with Crippen molar-refractivity contribution in [2.24, 2.45) is 5.41 Å². The van der Waals surface area contributed by atoms with E-state index in [0.29, 0.717) is 0 Å². The minimum absolute atomic E-state index is 0.549. The van der Waals surface area contributed by atoms with Crippen LogP contribution in [0.2, 0.25) is 0 Å². The van der Waals surface area contributed by atoms with E-state index in [9.17, 15) is 4.79 Å². The molecular formula is C9H17BrO2. The van der Waals surface area contributed by atoms with Gasteiger partial charge in [0.1, 0.15) is 0 Å². The second-order valence-corrected chi connectivity index (χ2v) is 4.48. The van der Waals surface area contributed by atoms with Gasteiger partial charge in [-0.25, -0.2) is 0 Å². The van der Waals surface area contributed by atoms with Gasteiger partial charge in [0.15, 0.2) is 0 Å². The molecule has 0 aromatic carbocycles. The molecule has 0 aliphatic carbocycles. The molecule has 0 aromatic rings. The molecule has 0 aliphatic heterocycles. The number of hydrogen-bond acceptors (Lipinski definition) is 1. The van der Waals surface area contributed by atoms with Crippen LogP contribution in [0.4, 0.5) is 0 Å². The smallest absolute Gasteiger partial charge is 0.309 e. The Kier molecular flexibility index (Phi) is 5.55. The Hall–Kier alpha value is -0.0500. The first-order valence-electron chi connectivity index (χ1n) is 4.30. The lowest BCUT2D eigenvalue weighted by Crippen LogP contribution is -2.23. The van der Waals surface area contributed by atoms with Crippen LogP contribution in [-0.2, 0) is 4.79 Å². The average molecular weight is 237 g/mol. The highest BCUT2D eigenvalue weighted by Crippen LogP contribution is 2.23. The second-order valence-electron chi connectivity index (χ2n) is 3.69. The molecular weight excluding hydrogens is 220 g/mol. The second kappa shape index (κ2) is 5.57. The summed E-state index contributed by atoms with van der Waals surface area (Å²) in [6.07, 6.45) is 4.03. The monoisotopic (exact) mass is 236 g/mol. The van der Waals surface area contributed by atoms with Gasteiger partial charge < -0.3 is 5.11 Å². The lowest BCUT2D eigenvalue weighted by atomic mass is 9.87. The van der Waals surface area contributed by atoms with Gasteiger partial charge >= 0.3 is 5.97 Å². The molecule has 0 rings (SSSR count). The molecule has 0 fully saturated rings.